The van der Waals surface area contributed by atoms with E-state index in [4.69, 9.17) is 18.9 Å². The minimum atomic E-state index is -0.667. The van der Waals surface area contributed by atoms with E-state index in [0.29, 0.717) is 17.1 Å². The molecule has 0 fully saturated rings. The zero-order valence-electron chi connectivity index (χ0n) is 13.9. The van der Waals surface area contributed by atoms with Crippen molar-refractivity contribution in [3.8, 4) is 17.2 Å². The van der Waals surface area contributed by atoms with Crippen molar-refractivity contribution in [2.45, 2.75) is 19.3 Å². The van der Waals surface area contributed by atoms with Crippen molar-refractivity contribution in [1.29, 1.82) is 0 Å². The van der Waals surface area contributed by atoms with E-state index in [9.17, 15) is 14.4 Å². The van der Waals surface area contributed by atoms with Crippen LogP contribution >= 0.6 is 0 Å². The lowest BCUT2D eigenvalue weighted by Crippen LogP contribution is -2.30. The molecule has 4 rings (SSSR count). The van der Waals surface area contributed by atoms with Crippen molar-refractivity contribution in [2.24, 2.45) is 0 Å². The summed E-state index contributed by atoms with van der Waals surface area (Å²) in [5.74, 6) is -0.678. The molecule has 0 amide bonds. The summed E-state index contributed by atoms with van der Waals surface area (Å²) in [5.41, 5.74) is 0.496. The standard InChI is InChI=1S/C18H15NO7/c1-2-23-18(22)11-7-19-17(21)15-10(6-14(20)26-16(11)15)9-3-4-12-13(5-9)25-8-24-12/h3-5,7,10H,2,6,8H2,1H3,(H,19,21). The van der Waals surface area contributed by atoms with Gasteiger partial charge in [0.1, 0.15) is 5.56 Å². The van der Waals surface area contributed by atoms with Gasteiger partial charge in [-0.2, -0.15) is 0 Å². The van der Waals surface area contributed by atoms with Crippen LogP contribution < -0.4 is 19.8 Å². The van der Waals surface area contributed by atoms with E-state index in [2.05, 4.69) is 4.98 Å². The number of nitrogens with one attached hydrogen (secondary N) is 1. The quantitative estimate of drug-likeness (QED) is 0.834. The number of hydrogen-bond donors (Lipinski definition) is 1. The van der Waals surface area contributed by atoms with Crippen molar-refractivity contribution in [3.63, 3.8) is 0 Å². The highest BCUT2D eigenvalue weighted by molar-refractivity contribution is 5.94. The Morgan fingerprint density at radius 1 is 1.27 bits per heavy atom. The number of ether oxygens (including phenoxy) is 4. The Morgan fingerprint density at radius 2 is 2.08 bits per heavy atom. The van der Waals surface area contributed by atoms with Crippen molar-refractivity contribution in [1.82, 2.24) is 4.98 Å². The van der Waals surface area contributed by atoms with E-state index in [1.165, 1.54) is 6.20 Å². The summed E-state index contributed by atoms with van der Waals surface area (Å²) in [6, 6.07) is 5.21. The Bertz CT molecular complexity index is 962. The molecule has 0 saturated carbocycles. The lowest BCUT2D eigenvalue weighted by molar-refractivity contribution is -0.135. The molecule has 1 N–H and O–H groups in total. The second-order valence-electron chi connectivity index (χ2n) is 5.84. The van der Waals surface area contributed by atoms with Crippen molar-refractivity contribution < 1.29 is 28.5 Å². The zero-order chi connectivity index (χ0) is 18.3. The SMILES string of the molecule is CCOC(=O)c1c[nH]c(=O)c2c1OC(=O)CC2c1ccc2c(c1)OCO2. The van der Waals surface area contributed by atoms with Crippen molar-refractivity contribution in [3.05, 3.63) is 51.4 Å². The van der Waals surface area contributed by atoms with Crippen LogP contribution in [-0.2, 0) is 9.53 Å². The monoisotopic (exact) mass is 357 g/mol. The van der Waals surface area contributed by atoms with E-state index in [1.807, 2.05) is 0 Å². The molecule has 1 aromatic heterocycles. The van der Waals surface area contributed by atoms with Gasteiger partial charge in [0.2, 0.25) is 6.79 Å². The maximum absolute atomic E-state index is 12.5. The minimum Gasteiger partial charge on any atom is -0.462 e. The Kier molecular flexibility index (Phi) is 3.87. The number of carbonyl (C=O) groups is 2. The predicted molar refractivity (Wildman–Crippen MR) is 87.7 cm³/mol. The average molecular weight is 357 g/mol. The van der Waals surface area contributed by atoms with Gasteiger partial charge in [-0.05, 0) is 24.6 Å². The van der Waals surface area contributed by atoms with Gasteiger partial charge in [-0.15, -0.1) is 0 Å². The fourth-order valence-corrected chi connectivity index (χ4v) is 3.15. The highest BCUT2D eigenvalue weighted by atomic mass is 16.7. The molecule has 0 saturated heterocycles. The predicted octanol–water partition coefficient (Wildman–Crippen LogP) is 1.72. The molecule has 0 bridgehead atoms. The molecule has 8 heteroatoms. The van der Waals surface area contributed by atoms with E-state index in [1.54, 1.807) is 25.1 Å². The van der Waals surface area contributed by atoms with Crippen molar-refractivity contribution in [2.75, 3.05) is 13.4 Å². The van der Waals surface area contributed by atoms with Gasteiger partial charge in [0.25, 0.3) is 5.56 Å². The van der Waals surface area contributed by atoms with Gasteiger partial charge in [-0.3, -0.25) is 9.59 Å². The molecule has 2 aliphatic heterocycles. The topological polar surface area (TPSA) is 104 Å². The van der Waals surface area contributed by atoms with Gasteiger partial charge in [0.05, 0.1) is 18.6 Å². The van der Waals surface area contributed by atoms with Crippen LogP contribution in [0.4, 0.5) is 0 Å². The number of benzene rings is 1. The Hall–Kier alpha value is -3.29. The molecule has 0 aliphatic carbocycles. The van der Waals surface area contributed by atoms with Gasteiger partial charge in [0.15, 0.2) is 17.2 Å². The number of H-pyrrole nitrogens is 1. The number of aromatic nitrogens is 1. The molecular weight excluding hydrogens is 342 g/mol. The maximum Gasteiger partial charge on any atom is 0.343 e. The molecule has 8 nitrogen and oxygen atoms in total. The first kappa shape index (κ1) is 16.2. The van der Waals surface area contributed by atoms with Crippen LogP contribution in [0.1, 0.15) is 40.7 Å². The fraction of sp³-hybridized carbons (Fsp3) is 0.278. The largest absolute Gasteiger partial charge is 0.462 e. The molecule has 2 aliphatic rings. The normalized spacial score (nSPS) is 17.4. The number of pyridine rings is 1. The Balaban J connectivity index is 1.85. The second kappa shape index (κ2) is 6.21. The van der Waals surface area contributed by atoms with Crippen LogP contribution in [0, 0.1) is 0 Å². The lowest BCUT2D eigenvalue weighted by Gasteiger charge is -2.25. The first-order valence-electron chi connectivity index (χ1n) is 8.11. The van der Waals surface area contributed by atoms with E-state index in [-0.39, 0.29) is 36.7 Å². The average Bonchev–Trinajstić information content (AvgIpc) is 3.09. The van der Waals surface area contributed by atoms with Gasteiger partial charge >= 0.3 is 11.9 Å². The molecule has 1 aromatic carbocycles. The highest BCUT2D eigenvalue weighted by Crippen LogP contribution is 2.42. The molecule has 0 spiro atoms. The third kappa shape index (κ3) is 2.59. The smallest absolute Gasteiger partial charge is 0.343 e. The van der Waals surface area contributed by atoms with Crippen molar-refractivity contribution >= 4 is 11.9 Å². The van der Waals surface area contributed by atoms with E-state index in [0.717, 1.165) is 0 Å². The zero-order valence-corrected chi connectivity index (χ0v) is 13.9. The molecule has 0 radical (unpaired) electrons. The Morgan fingerprint density at radius 3 is 2.88 bits per heavy atom. The lowest BCUT2D eigenvalue weighted by atomic mass is 9.86. The van der Waals surface area contributed by atoms with Gasteiger partial charge in [-0.25, -0.2) is 4.79 Å². The number of hydrogen-bond acceptors (Lipinski definition) is 7. The summed E-state index contributed by atoms with van der Waals surface area (Å²) < 4.78 is 20.9. The number of fused-ring (bicyclic) bond motifs is 2. The van der Waals surface area contributed by atoms with Crippen LogP contribution in [0.2, 0.25) is 0 Å². The number of rotatable bonds is 3. The second-order valence-corrected chi connectivity index (χ2v) is 5.84. The van der Waals surface area contributed by atoms with Gasteiger partial charge in [-0.1, -0.05) is 6.07 Å². The molecule has 1 unspecified atom stereocenters. The molecule has 3 heterocycles. The number of carbonyl (C=O) groups excluding carboxylic acids is 2. The summed E-state index contributed by atoms with van der Waals surface area (Å²) in [7, 11) is 0. The van der Waals surface area contributed by atoms with Gasteiger partial charge in [0, 0.05) is 12.1 Å². The number of aromatic amines is 1. The molecule has 1 atom stereocenters. The fourth-order valence-electron chi connectivity index (χ4n) is 3.15. The molecule has 2 aromatic rings. The molecule has 134 valence electrons. The van der Waals surface area contributed by atoms with Crippen LogP contribution in [0.3, 0.4) is 0 Å². The van der Waals surface area contributed by atoms with E-state index >= 15 is 0 Å². The minimum absolute atomic E-state index is 0.0141. The first-order chi connectivity index (χ1) is 12.6. The van der Waals surface area contributed by atoms with Gasteiger partial charge < -0.3 is 23.9 Å². The van der Waals surface area contributed by atoms with Crippen LogP contribution in [0.5, 0.6) is 17.2 Å². The molecular formula is C18H15NO7. The van der Waals surface area contributed by atoms with Crippen LogP contribution in [0.25, 0.3) is 0 Å². The van der Waals surface area contributed by atoms with Crippen LogP contribution in [-0.4, -0.2) is 30.3 Å². The number of esters is 2. The van der Waals surface area contributed by atoms with E-state index < -0.39 is 23.4 Å². The first-order valence-corrected chi connectivity index (χ1v) is 8.11. The summed E-state index contributed by atoms with van der Waals surface area (Å²) in [6.07, 6.45) is 1.18. The summed E-state index contributed by atoms with van der Waals surface area (Å²) in [5, 5.41) is 0. The maximum atomic E-state index is 12.5. The third-order valence-corrected chi connectivity index (χ3v) is 4.31. The molecule has 26 heavy (non-hydrogen) atoms. The summed E-state index contributed by atoms with van der Waals surface area (Å²) in [6.45, 7) is 1.94. The summed E-state index contributed by atoms with van der Waals surface area (Å²) in [4.78, 5) is 39.3. The summed E-state index contributed by atoms with van der Waals surface area (Å²) >= 11 is 0. The third-order valence-electron chi connectivity index (χ3n) is 4.31. The highest BCUT2D eigenvalue weighted by Gasteiger charge is 2.35. The van der Waals surface area contributed by atoms with Crippen LogP contribution in [0.15, 0.2) is 29.2 Å². The Labute approximate surface area is 147 Å².